The van der Waals surface area contributed by atoms with Crippen LogP contribution in [-0.4, -0.2) is 37.0 Å². The lowest BCUT2D eigenvalue weighted by molar-refractivity contribution is -0.131. The van der Waals surface area contributed by atoms with Gasteiger partial charge in [0.15, 0.2) is 0 Å². The summed E-state index contributed by atoms with van der Waals surface area (Å²) in [4.78, 5) is 26.9. The fourth-order valence-electron chi connectivity index (χ4n) is 3.67. The van der Waals surface area contributed by atoms with Crippen molar-refractivity contribution in [3.63, 3.8) is 0 Å². The van der Waals surface area contributed by atoms with Gasteiger partial charge in [-0.3, -0.25) is 4.79 Å². The summed E-state index contributed by atoms with van der Waals surface area (Å²) in [6.07, 6.45) is 2.52. The molecule has 0 unspecified atom stereocenters. The van der Waals surface area contributed by atoms with Gasteiger partial charge in [-0.15, -0.1) is 0 Å². The Hall–Kier alpha value is -3.08. The second kappa shape index (κ2) is 9.16. The molecule has 1 amide bonds. The van der Waals surface area contributed by atoms with E-state index in [1.54, 1.807) is 12.3 Å². The number of rotatable bonds is 6. The molecule has 0 N–H and O–H groups in total. The number of methoxy groups -OCH3 is 1. The summed E-state index contributed by atoms with van der Waals surface area (Å²) in [6, 6.07) is 15.3. The van der Waals surface area contributed by atoms with E-state index < -0.39 is 0 Å². The second-order valence-electron chi connectivity index (χ2n) is 8.08. The maximum Gasteiger partial charge on any atom is 0.338 e. The van der Waals surface area contributed by atoms with Crippen molar-refractivity contribution < 1.29 is 19.1 Å². The highest BCUT2D eigenvalue weighted by Crippen LogP contribution is 2.36. The molecule has 0 aliphatic carbocycles. The topological polar surface area (TPSA) is 55.8 Å². The van der Waals surface area contributed by atoms with Crippen LogP contribution in [0.15, 0.2) is 60.4 Å². The molecule has 0 bridgehead atoms. The molecule has 1 fully saturated rings. The van der Waals surface area contributed by atoms with Gasteiger partial charge < -0.3 is 14.4 Å². The SMILES string of the molecule is CCOC=C1C(=O)N(Cc2ccc(-c3ccccc3C(=O)OC)cc2)CCC1(C)C. The zero-order valence-corrected chi connectivity index (χ0v) is 18.1. The molecular formula is C25H29NO4. The Balaban J connectivity index is 1.79. The number of esters is 1. The Morgan fingerprint density at radius 3 is 2.50 bits per heavy atom. The van der Waals surface area contributed by atoms with E-state index in [2.05, 4.69) is 13.8 Å². The van der Waals surface area contributed by atoms with E-state index in [9.17, 15) is 9.59 Å². The van der Waals surface area contributed by atoms with E-state index in [0.717, 1.165) is 28.7 Å². The van der Waals surface area contributed by atoms with Crippen molar-refractivity contribution in [2.24, 2.45) is 5.41 Å². The molecule has 0 spiro atoms. The average molecular weight is 408 g/mol. The lowest BCUT2D eigenvalue weighted by atomic mass is 9.78. The van der Waals surface area contributed by atoms with Crippen molar-refractivity contribution in [1.29, 1.82) is 0 Å². The number of hydrogen-bond donors (Lipinski definition) is 0. The van der Waals surface area contributed by atoms with Crippen LogP contribution >= 0.6 is 0 Å². The molecule has 158 valence electrons. The summed E-state index contributed by atoms with van der Waals surface area (Å²) >= 11 is 0. The molecule has 1 aliphatic rings. The molecule has 5 heteroatoms. The summed E-state index contributed by atoms with van der Waals surface area (Å²) in [5, 5.41) is 0. The number of hydrogen-bond acceptors (Lipinski definition) is 4. The molecule has 2 aromatic rings. The van der Waals surface area contributed by atoms with Crippen molar-refractivity contribution in [2.75, 3.05) is 20.3 Å². The number of ether oxygens (including phenoxy) is 2. The Morgan fingerprint density at radius 2 is 1.83 bits per heavy atom. The quantitative estimate of drug-likeness (QED) is 0.391. The van der Waals surface area contributed by atoms with Crippen molar-refractivity contribution in [2.45, 2.75) is 33.7 Å². The van der Waals surface area contributed by atoms with E-state index in [1.165, 1.54) is 7.11 Å². The highest BCUT2D eigenvalue weighted by Gasteiger charge is 2.37. The fourth-order valence-corrected chi connectivity index (χ4v) is 3.67. The minimum Gasteiger partial charge on any atom is -0.501 e. The summed E-state index contributed by atoms with van der Waals surface area (Å²) in [6.45, 7) is 7.87. The summed E-state index contributed by atoms with van der Waals surface area (Å²) < 4.78 is 10.3. The van der Waals surface area contributed by atoms with Crippen LogP contribution in [0, 0.1) is 5.41 Å². The molecule has 0 atom stereocenters. The van der Waals surface area contributed by atoms with E-state index in [1.807, 2.05) is 54.3 Å². The van der Waals surface area contributed by atoms with Crippen LogP contribution in [0.3, 0.4) is 0 Å². The molecule has 0 saturated carbocycles. The highest BCUT2D eigenvalue weighted by atomic mass is 16.5. The van der Waals surface area contributed by atoms with Crippen molar-refractivity contribution in [1.82, 2.24) is 4.90 Å². The first-order valence-electron chi connectivity index (χ1n) is 10.3. The van der Waals surface area contributed by atoms with Crippen LogP contribution < -0.4 is 0 Å². The minimum atomic E-state index is -0.357. The normalized spacial score (nSPS) is 17.1. The molecule has 1 heterocycles. The standard InChI is InChI=1S/C25H29NO4/c1-5-30-17-22-23(27)26(15-14-25(22,2)3)16-18-10-12-19(13-11-18)20-8-6-7-9-21(20)24(28)29-4/h6-13,17H,5,14-16H2,1-4H3. The summed E-state index contributed by atoms with van der Waals surface area (Å²) in [7, 11) is 1.38. The van der Waals surface area contributed by atoms with Crippen molar-refractivity contribution in [3.8, 4) is 11.1 Å². The van der Waals surface area contributed by atoms with E-state index >= 15 is 0 Å². The number of benzene rings is 2. The maximum atomic E-state index is 13.0. The van der Waals surface area contributed by atoms with Crippen LogP contribution in [0.25, 0.3) is 11.1 Å². The predicted molar refractivity (Wildman–Crippen MR) is 117 cm³/mol. The third-order valence-electron chi connectivity index (χ3n) is 5.59. The molecule has 30 heavy (non-hydrogen) atoms. The number of likely N-dealkylation sites (tertiary alicyclic amines) is 1. The van der Waals surface area contributed by atoms with Crippen LogP contribution in [-0.2, 0) is 20.8 Å². The summed E-state index contributed by atoms with van der Waals surface area (Å²) in [5.41, 5.74) is 3.87. The monoisotopic (exact) mass is 407 g/mol. The lowest BCUT2D eigenvalue weighted by Gasteiger charge is -2.38. The van der Waals surface area contributed by atoms with E-state index in [0.29, 0.717) is 25.3 Å². The van der Waals surface area contributed by atoms with Gasteiger partial charge in [0.2, 0.25) is 0 Å². The number of carbonyl (C=O) groups is 2. The lowest BCUT2D eigenvalue weighted by Crippen LogP contribution is -2.43. The first-order chi connectivity index (χ1) is 14.4. The smallest absolute Gasteiger partial charge is 0.338 e. The number of nitrogens with zero attached hydrogens (tertiary/aromatic N) is 1. The van der Waals surface area contributed by atoms with Gasteiger partial charge in [0, 0.05) is 13.1 Å². The number of amides is 1. The van der Waals surface area contributed by atoms with Crippen LogP contribution in [0.1, 0.15) is 43.1 Å². The van der Waals surface area contributed by atoms with Gasteiger partial charge in [0.1, 0.15) is 0 Å². The molecule has 1 aliphatic heterocycles. The van der Waals surface area contributed by atoms with Crippen molar-refractivity contribution in [3.05, 3.63) is 71.5 Å². The van der Waals surface area contributed by atoms with Gasteiger partial charge in [-0.2, -0.15) is 0 Å². The van der Waals surface area contributed by atoms with Crippen molar-refractivity contribution >= 4 is 11.9 Å². The van der Waals surface area contributed by atoms with Gasteiger partial charge in [-0.25, -0.2) is 4.79 Å². The van der Waals surface area contributed by atoms with Gasteiger partial charge in [-0.1, -0.05) is 56.3 Å². The Kier molecular flexibility index (Phi) is 6.60. The number of piperidine rings is 1. The molecule has 3 rings (SSSR count). The van der Waals surface area contributed by atoms with Crippen LogP contribution in [0.5, 0.6) is 0 Å². The highest BCUT2D eigenvalue weighted by molar-refractivity contribution is 5.97. The molecule has 2 aromatic carbocycles. The second-order valence-corrected chi connectivity index (χ2v) is 8.08. The summed E-state index contributed by atoms with van der Waals surface area (Å²) in [5.74, 6) is -0.329. The van der Waals surface area contributed by atoms with E-state index in [-0.39, 0.29) is 17.3 Å². The molecular weight excluding hydrogens is 378 g/mol. The first-order valence-corrected chi connectivity index (χ1v) is 10.3. The fraction of sp³-hybridized carbons (Fsp3) is 0.360. The van der Waals surface area contributed by atoms with Crippen LogP contribution in [0.2, 0.25) is 0 Å². The largest absolute Gasteiger partial charge is 0.501 e. The molecule has 5 nitrogen and oxygen atoms in total. The maximum absolute atomic E-state index is 13.0. The third kappa shape index (κ3) is 4.56. The first kappa shape index (κ1) is 21.6. The molecule has 0 aromatic heterocycles. The Labute approximate surface area is 178 Å². The third-order valence-corrected chi connectivity index (χ3v) is 5.59. The van der Waals surface area contributed by atoms with Gasteiger partial charge in [0.05, 0.1) is 31.1 Å². The van der Waals surface area contributed by atoms with Gasteiger partial charge in [-0.05, 0) is 41.5 Å². The molecule has 1 saturated heterocycles. The van der Waals surface area contributed by atoms with Crippen LogP contribution in [0.4, 0.5) is 0 Å². The van der Waals surface area contributed by atoms with Gasteiger partial charge in [0.25, 0.3) is 5.91 Å². The van der Waals surface area contributed by atoms with E-state index in [4.69, 9.17) is 9.47 Å². The zero-order chi connectivity index (χ0) is 21.7. The Morgan fingerprint density at radius 1 is 1.13 bits per heavy atom. The average Bonchev–Trinajstić information content (AvgIpc) is 2.75. The van der Waals surface area contributed by atoms with Gasteiger partial charge >= 0.3 is 5.97 Å². The number of carbonyl (C=O) groups excluding carboxylic acids is 2. The predicted octanol–water partition coefficient (Wildman–Crippen LogP) is 4.82. The Bertz CT molecular complexity index is 944. The molecule has 0 radical (unpaired) electrons. The zero-order valence-electron chi connectivity index (χ0n) is 18.1. The minimum absolute atomic E-state index is 0.0276.